The van der Waals surface area contributed by atoms with Gasteiger partial charge in [-0.2, -0.15) is 0 Å². The van der Waals surface area contributed by atoms with Crippen molar-refractivity contribution in [1.29, 1.82) is 0 Å². The van der Waals surface area contributed by atoms with Gasteiger partial charge in [0.05, 0.1) is 11.1 Å². The Labute approximate surface area is 143 Å². The van der Waals surface area contributed by atoms with E-state index in [1.165, 1.54) is 12.1 Å². The molecule has 0 aromatic heterocycles. The topological polar surface area (TPSA) is 66.4 Å². The van der Waals surface area contributed by atoms with Crippen LogP contribution in [-0.4, -0.2) is 17.0 Å². The van der Waals surface area contributed by atoms with Crippen LogP contribution < -0.4 is 5.32 Å². The largest absolute Gasteiger partial charge is 0.478 e. The Balaban J connectivity index is 2.33. The molecule has 0 bridgehead atoms. The third-order valence-electron chi connectivity index (χ3n) is 2.91. The zero-order valence-electron chi connectivity index (χ0n) is 11.0. The molecule has 21 heavy (non-hydrogen) atoms. The van der Waals surface area contributed by atoms with E-state index in [1.54, 1.807) is 18.2 Å². The number of nitrogens with one attached hydrogen (secondary N) is 1. The quantitative estimate of drug-likeness (QED) is 0.672. The first-order chi connectivity index (χ1) is 9.88. The van der Waals surface area contributed by atoms with Gasteiger partial charge in [0.2, 0.25) is 0 Å². The van der Waals surface area contributed by atoms with E-state index in [9.17, 15) is 9.59 Å². The monoisotopic (exact) mass is 459 g/mol. The third kappa shape index (κ3) is 3.82. The standard InChI is InChI=1S/C15H11BrINO3/c1-8-2-3-9(15(20)21)6-13(8)18-14(19)11-7-10(17)4-5-12(11)16/h2-7H,1H3,(H,18,19)(H,20,21). The Morgan fingerprint density at radius 1 is 1.19 bits per heavy atom. The number of carboxylic acid groups (broad SMARTS) is 1. The van der Waals surface area contributed by atoms with Gasteiger partial charge in [0.15, 0.2) is 0 Å². The number of hydrogen-bond donors (Lipinski definition) is 2. The number of anilines is 1. The average Bonchev–Trinajstić information content (AvgIpc) is 2.43. The highest BCUT2D eigenvalue weighted by atomic mass is 127. The van der Waals surface area contributed by atoms with Crippen LogP contribution in [0.1, 0.15) is 26.3 Å². The number of benzene rings is 2. The second-order valence-electron chi connectivity index (χ2n) is 4.41. The molecule has 108 valence electrons. The molecule has 0 aliphatic rings. The fourth-order valence-corrected chi connectivity index (χ4v) is 2.67. The first-order valence-corrected chi connectivity index (χ1v) is 7.86. The number of halogens is 2. The van der Waals surface area contributed by atoms with Crippen LogP contribution in [0.15, 0.2) is 40.9 Å². The lowest BCUT2D eigenvalue weighted by Crippen LogP contribution is -2.14. The summed E-state index contributed by atoms with van der Waals surface area (Å²) in [6.07, 6.45) is 0. The van der Waals surface area contributed by atoms with Crippen molar-refractivity contribution in [3.63, 3.8) is 0 Å². The van der Waals surface area contributed by atoms with Gasteiger partial charge in [-0.25, -0.2) is 4.79 Å². The summed E-state index contributed by atoms with van der Waals surface area (Å²) in [6.45, 7) is 1.81. The van der Waals surface area contributed by atoms with Crippen molar-refractivity contribution < 1.29 is 14.7 Å². The normalized spacial score (nSPS) is 10.2. The smallest absolute Gasteiger partial charge is 0.335 e. The number of aryl methyl sites for hydroxylation is 1. The molecule has 1 amide bonds. The summed E-state index contributed by atoms with van der Waals surface area (Å²) < 4.78 is 1.63. The maximum Gasteiger partial charge on any atom is 0.335 e. The lowest BCUT2D eigenvalue weighted by Gasteiger charge is -2.10. The lowest BCUT2D eigenvalue weighted by molar-refractivity contribution is 0.0696. The third-order valence-corrected chi connectivity index (χ3v) is 4.27. The molecule has 0 heterocycles. The molecule has 0 unspecified atom stereocenters. The van der Waals surface area contributed by atoms with Crippen molar-refractivity contribution >= 4 is 56.1 Å². The molecule has 2 aromatic carbocycles. The Bertz CT molecular complexity index is 731. The first kappa shape index (κ1) is 16.0. The molecule has 0 saturated carbocycles. The number of carboxylic acids is 1. The highest BCUT2D eigenvalue weighted by molar-refractivity contribution is 14.1. The van der Waals surface area contributed by atoms with E-state index in [0.717, 1.165) is 9.13 Å². The Hall–Kier alpha value is -1.41. The number of rotatable bonds is 3. The molecule has 2 N–H and O–H groups in total. The van der Waals surface area contributed by atoms with Gasteiger partial charge < -0.3 is 10.4 Å². The number of carbonyl (C=O) groups excluding carboxylic acids is 1. The van der Waals surface area contributed by atoms with Gasteiger partial charge in [0.25, 0.3) is 5.91 Å². The van der Waals surface area contributed by atoms with Crippen LogP contribution in [0.5, 0.6) is 0 Å². The average molecular weight is 460 g/mol. The number of carbonyl (C=O) groups is 2. The SMILES string of the molecule is Cc1ccc(C(=O)O)cc1NC(=O)c1cc(I)ccc1Br. The predicted octanol–water partition coefficient (Wildman–Crippen LogP) is 4.31. The van der Waals surface area contributed by atoms with E-state index in [4.69, 9.17) is 5.11 Å². The van der Waals surface area contributed by atoms with Crippen molar-refractivity contribution in [2.75, 3.05) is 5.32 Å². The van der Waals surface area contributed by atoms with E-state index >= 15 is 0 Å². The lowest BCUT2D eigenvalue weighted by atomic mass is 10.1. The molecule has 0 aliphatic heterocycles. The van der Waals surface area contributed by atoms with E-state index in [0.29, 0.717) is 15.7 Å². The van der Waals surface area contributed by atoms with Gasteiger partial charge in [-0.15, -0.1) is 0 Å². The second kappa shape index (κ2) is 6.57. The van der Waals surface area contributed by atoms with Gasteiger partial charge in [0.1, 0.15) is 0 Å². The first-order valence-electron chi connectivity index (χ1n) is 5.99. The molecule has 4 nitrogen and oxygen atoms in total. The minimum atomic E-state index is -1.03. The van der Waals surface area contributed by atoms with Crippen molar-refractivity contribution in [2.45, 2.75) is 6.92 Å². The Morgan fingerprint density at radius 2 is 1.90 bits per heavy atom. The maximum atomic E-state index is 12.3. The molecule has 2 rings (SSSR count). The van der Waals surface area contributed by atoms with Crippen LogP contribution >= 0.6 is 38.5 Å². The molecular weight excluding hydrogens is 449 g/mol. The van der Waals surface area contributed by atoms with E-state index in [-0.39, 0.29) is 11.5 Å². The van der Waals surface area contributed by atoms with E-state index in [1.807, 2.05) is 13.0 Å². The van der Waals surface area contributed by atoms with Crippen LogP contribution in [0, 0.1) is 10.5 Å². The van der Waals surface area contributed by atoms with Crippen LogP contribution in [0.4, 0.5) is 5.69 Å². The molecule has 0 aliphatic carbocycles. The zero-order valence-corrected chi connectivity index (χ0v) is 14.7. The summed E-state index contributed by atoms with van der Waals surface area (Å²) in [5.41, 5.74) is 1.93. The summed E-state index contributed by atoms with van der Waals surface area (Å²) in [6, 6.07) is 10.1. The van der Waals surface area contributed by atoms with E-state index in [2.05, 4.69) is 43.8 Å². The molecule has 2 aromatic rings. The highest BCUT2D eigenvalue weighted by Crippen LogP contribution is 2.23. The summed E-state index contributed by atoms with van der Waals surface area (Å²) in [5.74, 6) is -1.31. The molecule has 0 spiro atoms. The van der Waals surface area contributed by atoms with E-state index < -0.39 is 5.97 Å². The van der Waals surface area contributed by atoms with Gasteiger partial charge in [0, 0.05) is 13.7 Å². The van der Waals surface area contributed by atoms with Crippen LogP contribution in [0.2, 0.25) is 0 Å². The molecule has 0 atom stereocenters. The summed E-state index contributed by atoms with van der Waals surface area (Å²) in [5, 5.41) is 11.8. The fraction of sp³-hybridized carbons (Fsp3) is 0.0667. The Morgan fingerprint density at radius 3 is 2.57 bits per heavy atom. The highest BCUT2D eigenvalue weighted by Gasteiger charge is 2.13. The fourth-order valence-electron chi connectivity index (χ4n) is 1.75. The molecule has 0 saturated heterocycles. The number of aromatic carboxylic acids is 1. The molecule has 6 heteroatoms. The Kier molecular flexibility index (Phi) is 5.00. The van der Waals surface area contributed by atoms with Crippen LogP contribution in [-0.2, 0) is 0 Å². The van der Waals surface area contributed by atoms with Crippen LogP contribution in [0.25, 0.3) is 0 Å². The number of hydrogen-bond acceptors (Lipinski definition) is 2. The second-order valence-corrected chi connectivity index (χ2v) is 6.51. The minimum Gasteiger partial charge on any atom is -0.478 e. The summed E-state index contributed by atoms with van der Waals surface area (Å²) >= 11 is 5.47. The maximum absolute atomic E-state index is 12.3. The molecular formula is C15H11BrINO3. The van der Waals surface area contributed by atoms with Crippen molar-refractivity contribution in [2.24, 2.45) is 0 Å². The minimum absolute atomic E-state index is 0.137. The van der Waals surface area contributed by atoms with Gasteiger partial charge in [-0.05, 0) is 81.3 Å². The summed E-state index contributed by atoms with van der Waals surface area (Å²) in [7, 11) is 0. The summed E-state index contributed by atoms with van der Waals surface area (Å²) in [4.78, 5) is 23.3. The van der Waals surface area contributed by atoms with Gasteiger partial charge >= 0.3 is 5.97 Å². The van der Waals surface area contributed by atoms with Crippen molar-refractivity contribution in [3.05, 3.63) is 61.1 Å². The van der Waals surface area contributed by atoms with Crippen LogP contribution in [0.3, 0.4) is 0 Å². The zero-order chi connectivity index (χ0) is 15.6. The van der Waals surface area contributed by atoms with Crippen molar-refractivity contribution in [1.82, 2.24) is 0 Å². The number of amides is 1. The van der Waals surface area contributed by atoms with Gasteiger partial charge in [-0.3, -0.25) is 4.79 Å². The predicted molar refractivity (Wildman–Crippen MR) is 93.0 cm³/mol. The van der Waals surface area contributed by atoms with Gasteiger partial charge in [-0.1, -0.05) is 6.07 Å². The van der Waals surface area contributed by atoms with Crippen molar-refractivity contribution in [3.8, 4) is 0 Å². The molecule has 0 radical (unpaired) electrons. The molecule has 0 fully saturated rings.